The Labute approximate surface area is 223 Å². The van der Waals surface area contributed by atoms with Crippen molar-refractivity contribution in [2.45, 2.75) is 6.61 Å². The van der Waals surface area contributed by atoms with Gasteiger partial charge in [0.05, 0.1) is 8.48 Å². The number of anilines is 1. The molecule has 1 N–H and O–H groups in total. The van der Waals surface area contributed by atoms with Crippen LogP contribution in [0.5, 0.6) is 5.75 Å². The number of rotatable bonds is 7. The number of ether oxygens (including phenoxy) is 1. The molecule has 0 unspecified atom stereocenters. The van der Waals surface area contributed by atoms with Crippen LogP contribution in [0.1, 0.15) is 11.1 Å². The second-order valence-electron chi connectivity index (χ2n) is 7.40. The van der Waals surface area contributed by atoms with E-state index in [0.717, 1.165) is 31.9 Å². The minimum absolute atomic E-state index is 0.203. The van der Waals surface area contributed by atoms with E-state index in [-0.39, 0.29) is 10.6 Å². The van der Waals surface area contributed by atoms with Crippen molar-refractivity contribution in [3.63, 3.8) is 0 Å². The summed E-state index contributed by atoms with van der Waals surface area (Å²) < 4.78 is 20.0. The van der Waals surface area contributed by atoms with Gasteiger partial charge in [0.25, 0.3) is 11.1 Å². The number of nitrogens with zero attached hydrogens (tertiary/aromatic N) is 1. The lowest BCUT2D eigenvalue weighted by Crippen LogP contribution is -2.36. The lowest BCUT2D eigenvalue weighted by atomic mass is 10.2. The predicted octanol–water partition coefficient (Wildman–Crippen LogP) is 6.34. The van der Waals surface area contributed by atoms with E-state index in [2.05, 4.69) is 27.9 Å². The summed E-state index contributed by atoms with van der Waals surface area (Å²) in [6.07, 6.45) is 1.59. The third-order valence-electron chi connectivity index (χ3n) is 4.88. The highest BCUT2D eigenvalue weighted by atomic mass is 127. The van der Waals surface area contributed by atoms with Gasteiger partial charge in [0.1, 0.15) is 24.7 Å². The van der Waals surface area contributed by atoms with Crippen molar-refractivity contribution in [1.29, 1.82) is 0 Å². The van der Waals surface area contributed by atoms with Crippen molar-refractivity contribution < 1.29 is 23.5 Å². The summed E-state index contributed by atoms with van der Waals surface area (Å²) in [5, 5.41) is 2.55. The van der Waals surface area contributed by atoms with Crippen LogP contribution in [0.4, 0.5) is 14.9 Å². The number of benzene rings is 3. The molecule has 0 bridgehead atoms. The Hall–Kier alpha value is -2.89. The largest absolute Gasteiger partial charge is 0.488 e. The molecule has 0 spiro atoms. The Bertz CT molecular complexity index is 1350. The van der Waals surface area contributed by atoms with Crippen molar-refractivity contribution in [2.24, 2.45) is 0 Å². The first kappa shape index (κ1) is 25.2. The van der Waals surface area contributed by atoms with Crippen LogP contribution in [0.2, 0.25) is 5.02 Å². The van der Waals surface area contributed by atoms with E-state index in [9.17, 15) is 18.8 Å². The maximum atomic E-state index is 13.3. The molecule has 1 aliphatic rings. The molecule has 6 nitrogen and oxygen atoms in total. The normalized spacial score (nSPS) is 14.5. The van der Waals surface area contributed by atoms with Gasteiger partial charge in [-0.3, -0.25) is 19.3 Å². The lowest BCUT2D eigenvalue weighted by Gasteiger charge is -2.12. The van der Waals surface area contributed by atoms with Gasteiger partial charge in [0.15, 0.2) is 0 Å². The summed E-state index contributed by atoms with van der Waals surface area (Å²) >= 11 is 9.06. The maximum Gasteiger partial charge on any atom is 0.294 e. The third kappa shape index (κ3) is 6.41. The zero-order chi connectivity index (χ0) is 24.9. The molecule has 0 aromatic heterocycles. The van der Waals surface area contributed by atoms with Crippen molar-refractivity contribution in [2.75, 3.05) is 11.9 Å². The van der Waals surface area contributed by atoms with Gasteiger partial charge in [-0.05, 0) is 82.4 Å². The molecule has 3 aromatic rings. The van der Waals surface area contributed by atoms with Crippen molar-refractivity contribution in [3.05, 3.63) is 97.2 Å². The summed E-state index contributed by atoms with van der Waals surface area (Å²) in [4.78, 5) is 38.4. The predicted molar refractivity (Wildman–Crippen MR) is 143 cm³/mol. The number of hydrogen-bond donors (Lipinski definition) is 1. The van der Waals surface area contributed by atoms with Gasteiger partial charge in [-0.25, -0.2) is 4.39 Å². The molecule has 4 rings (SSSR count). The summed E-state index contributed by atoms with van der Waals surface area (Å²) in [6.45, 7) is -0.156. The fraction of sp³-hybridized carbons (Fsp3) is 0.0800. The first-order chi connectivity index (χ1) is 16.8. The fourth-order valence-electron chi connectivity index (χ4n) is 3.19. The van der Waals surface area contributed by atoms with Crippen molar-refractivity contribution in [1.82, 2.24) is 4.90 Å². The molecule has 1 fully saturated rings. The van der Waals surface area contributed by atoms with Crippen molar-refractivity contribution in [3.8, 4) is 5.75 Å². The average Bonchev–Trinajstić information content (AvgIpc) is 3.07. The van der Waals surface area contributed by atoms with Crippen LogP contribution in [-0.4, -0.2) is 28.5 Å². The number of imide groups is 1. The van der Waals surface area contributed by atoms with Crippen LogP contribution in [-0.2, 0) is 16.2 Å². The Morgan fingerprint density at radius 3 is 2.66 bits per heavy atom. The molecule has 0 radical (unpaired) electrons. The van der Waals surface area contributed by atoms with Crippen LogP contribution < -0.4 is 10.1 Å². The Balaban J connectivity index is 1.40. The van der Waals surface area contributed by atoms with Crippen LogP contribution in [0, 0.1) is 9.39 Å². The zero-order valence-electron chi connectivity index (χ0n) is 18.0. The van der Waals surface area contributed by atoms with Crippen LogP contribution >= 0.6 is 46.0 Å². The molecule has 3 amide bonds. The van der Waals surface area contributed by atoms with Gasteiger partial charge in [-0.15, -0.1) is 0 Å². The molecule has 0 aliphatic carbocycles. The highest BCUT2D eigenvalue weighted by Gasteiger charge is 2.36. The highest BCUT2D eigenvalue weighted by molar-refractivity contribution is 14.1. The quantitative estimate of drug-likeness (QED) is 0.246. The van der Waals surface area contributed by atoms with Gasteiger partial charge in [-0.2, -0.15) is 0 Å². The second kappa shape index (κ2) is 11.2. The van der Waals surface area contributed by atoms with Crippen LogP contribution in [0.25, 0.3) is 6.08 Å². The fourth-order valence-corrected chi connectivity index (χ4v) is 4.92. The van der Waals surface area contributed by atoms with Gasteiger partial charge < -0.3 is 10.1 Å². The highest BCUT2D eigenvalue weighted by Crippen LogP contribution is 2.33. The monoisotopic (exact) mass is 622 g/mol. The molecular weight excluding hydrogens is 606 g/mol. The SMILES string of the molecule is O=C(CN1C(=O)S/C(=C/c2ccc(OCc3ccccc3Cl)c(I)c2)C1=O)Nc1cccc(F)c1. The van der Waals surface area contributed by atoms with E-state index < -0.39 is 29.4 Å². The first-order valence-corrected chi connectivity index (χ1v) is 12.5. The molecule has 1 heterocycles. The lowest BCUT2D eigenvalue weighted by molar-refractivity contribution is -0.127. The van der Waals surface area contributed by atoms with E-state index in [0.29, 0.717) is 22.9 Å². The summed E-state index contributed by atoms with van der Waals surface area (Å²) in [5.74, 6) is -1.02. The molecule has 0 saturated carbocycles. The topological polar surface area (TPSA) is 75.7 Å². The molecule has 178 valence electrons. The van der Waals surface area contributed by atoms with E-state index in [1.807, 2.05) is 24.3 Å². The summed E-state index contributed by atoms with van der Waals surface area (Å²) in [7, 11) is 0. The number of nitrogens with one attached hydrogen (secondary N) is 1. The number of amides is 3. The van der Waals surface area contributed by atoms with Crippen molar-refractivity contribution >= 4 is 74.8 Å². The van der Waals surface area contributed by atoms with Crippen LogP contribution in [0.3, 0.4) is 0 Å². The Morgan fingerprint density at radius 2 is 1.91 bits per heavy atom. The van der Waals surface area contributed by atoms with E-state index in [1.54, 1.807) is 24.3 Å². The third-order valence-corrected chi connectivity index (χ3v) is 7.00. The Morgan fingerprint density at radius 1 is 1.11 bits per heavy atom. The molecular formula is C25H17ClFIN2O4S. The number of hydrogen-bond acceptors (Lipinski definition) is 5. The van der Waals surface area contributed by atoms with Gasteiger partial charge in [-0.1, -0.05) is 41.9 Å². The summed E-state index contributed by atoms with van der Waals surface area (Å²) in [5.41, 5.74) is 1.81. The Kier molecular flexibility index (Phi) is 8.09. The smallest absolute Gasteiger partial charge is 0.294 e. The number of carbonyl (C=O) groups is 3. The second-order valence-corrected chi connectivity index (χ2v) is 9.96. The molecule has 3 aromatic carbocycles. The first-order valence-electron chi connectivity index (χ1n) is 10.3. The molecule has 0 atom stereocenters. The molecule has 35 heavy (non-hydrogen) atoms. The van der Waals surface area contributed by atoms with E-state index >= 15 is 0 Å². The molecule has 1 saturated heterocycles. The minimum atomic E-state index is -0.603. The zero-order valence-corrected chi connectivity index (χ0v) is 21.7. The van der Waals surface area contributed by atoms with Crippen LogP contribution in [0.15, 0.2) is 71.6 Å². The van der Waals surface area contributed by atoms with Gasteiger partial charge in [0, 0.05) is 16.3 Å². The molecule has 1 aliphatic heterocycles. The number of halogens is 3. The minimum Gasteiger partial charge on any atom is -0.488 e. The molecule has 10 heteroatoms. The van der Waals surface area contributed by atoms with Gasteiger partial charge in [0.2, 0.25) is 5.91 Å². The summed E-state index contributed by atoms with van der Waals surface area (Å²) in [6, 6.07) is 18.2. The average molecular weight is 623 g/mol. The maximum absolute atomic E-state index is 13.3. The number of carbonyl (C=O) groups excluding carboxylic acids is 3. The van der Waals surface area contributed by atoms with E-state index in [1.165, 1.54) is 18.2 Å². The van der Waals surface area contributed by atoms with Gasteiger partial charge >= 0.3 is 0 Å². The standard InChI is InChI=1S/C25H17ClFIN2O4S/c26-19-7-2-1-4-16(19)14-34-21-9-8-15(10-20(21)28)11-22-24(32)30(25(33)35-22)13-23(31)29-18-6-3-5-17(27)12-18/h1-12H,13-14H2,(H,29,31)/b22-11+. The van der Waals surface area contributed by atoms with E-state index in [4.69, 9.17) is 16.3 Å². The number of thioether (sulfide) groups is 1.